The van der Waals surface area contributed by atoms with Crippen LogP contribution in [0, 0.1) is 5.82 Å². The van der Waals surface area contributed by atoms with E-state index in [0.717, 1.165) is 16.1 Å². The minimum atomic E-state index is -3.66. The van der Waals surface area contributed by atoms with Crippen LogP contribution in [0.5, 0.6) is 0 Å². The van der Waals surface area contributed by atoms with Crippen molar-refractivity contribution in [1.29, 1.82) is 0 Å². The van der Waals surface area contributed by atoms with Gasteiger partial charge in [0.25, 0.3) is 0 Å². The number of benzene rings is 2. The Kier molecular flexibility index (Phi) is 6.27. The number of nitrogens with zero attached hydrogens (tertiary/aromatic N) is 2. The Morgan fingerprint density at radius 3 is 2.20 bits per heavy atom. The first-order chi connectivity index (χ1) is 11.8. The zero-order valence-corrected chi connectivity index (χ0v) is 15.0. The SMILES string of the molecule is CN(Cc1ccccc1)C(=O)CN(Cc1ccccc1F)S(C)(=O)=O. The van der Waals surface area contributed by atoms with Crippen LogP contribution in [0.15, 0.2) is 54.6 Å². The number of halogens is 1. The van der Waals surface area contributed by atoms with Gasteiger partial charge >= 0.3 is 0 Å². The molecule has 0 unspecified atom stereocenters. The van der Waals surface area contributed by atoms with E-state index in [-0.39, 0.29) is 24.6 Å². The van der Waals surface area contributed by atoms with Crippen LogP contribution in [0.2, 0.25) is 0 Å². The van der Waals surface area contributed by atoms with Crippen LogP contribution in [0.4, 0.5) is 4.39 Å². The molecule has 2 rings (SSSR count). The lowest BCUT2D eigenvalue weighted by Crippen LogP contribution is -2.40. The van der Waals surface area contributed by atoms with E-state index >= 15 is 0 Å². The number of likely N-dealkylation sites (N-methyl/N-ethyl adjacent to an activating group) is 1. The van der Waals surface area contributed by atoms with Crippen molar-refractivity contribution in [2.45, 2.75) is 13.1 Å². The summed E-state index contributed by atoms with van der Waals surface area (Å²) < 4.78 is 38.8. The summed E-state index contributed by atoms with van der Waals surface area (Å²) in [6.45, 7) is -0.149. The summed E-state index contributed by atoms with van der Waals surface area (Å²) in [5.41, 5.74) is 1.17. The molecule has 0 atom stereocenters. The van der Waals surface area contributed by atoms with Crippen molar-refractivity contribution in [3.8, 4) is 0 Å². The summed E-state index contributed by atoms with van der Waals surface area (Å²) in [7, 11) is -2.05. The molecule has 0 fully saturated rings. The molecule has 0 saturated heterocycles. The second kappa shape index (κ2) is 8.22. The lowest BCUT2D eigenvalue weighted by molar-refractivity contribution is -0.130. The van der Waals surface area contributed by atoms with E-state index in [2.05, 4.69) is 0 Å². The first-order valence-corrected chi connectivity index (χ1v) is 9.58. The van der Waals surface area contributed by atoms with Crippen LogP contribution in [0.25, 0.3) is 0 Å². The van der Waals surface area contributed by atoms with Crippen molar-refractivity contribution in [2.75, 3.05) is 19.8 Å². The van der Waals surface area contributed by atoms with Crippen LogP contribution in [0.1, 0.15) is 11.1 Å². The van der Waals surface area contributed by atoms with Crippen LogP contribution >= 0.6 is 0 Å². The molecule has 134 valence electrons. The largest absolute Gasteiger partial charge is 0.340 e. The number of hydrogen-bond acceptors (Lipinski definition) is 3. The van der Waals surface area contributed by atoms with E-state index in [4.69, 9.17) is 0 Å². The van der Waals surface area contributed by atoms with E-state index in [1.807, 2.05) is 30.3 Å². The van der Waals surface area contributed by atoms with Crippen molar-refractivity contribution in [3.05, 3.63) is 71.5 Å². The number of sulfonamides is 1. The average molecular weight is 364 g/mol. The van der Waals surface area contributed by atoms with E-state index in [9.17, 15) is 17.6 Å². The summed E-state index contributed by atoms with van der Waals surface area (Å²) in [6, 6.07) is 15.3. The Balaban J connectivity index is 2.09. The lowest BCUT2D eigenvalue weighted by Gasteiger charge is -2.24. The second-order valence-corrected chi connectivity index (χ2v) is 7.84. The third kappa shape index (κ3) is 5.65. The molecule has 5 nitrogen and oxygen atoms in total. The van der Waals surface area contributed by atoms with Crippen molar-refractivity contribution >= 4 is 15.9 Å². The van der Waals surface area contributed by atoms with Crippen molar-refractivity contribution in [2.24, 2.45) is 0 Å². The molecule has 0 bridgehead atoms. The topological polar surface area (TPSA) is 57.7 Å². The monoisotopic (exact) mass is 364 g/mol. The summed E-state index contributed by atoms with van der Waals surface area (Å²) in [5, 5.41) is 0. The average Bonchev–Trinajstić information content (AvgIpc) is 2.56. The summed E-state index contributed by atoms with van der Waals surface area (Å²) in [6.07, 6.45) is 1.01. The molecule has 0 aromatic heterocycles. The number of carbonyl (C=O) groups excluding carboxylic acids is 1. The molecular formula is C18H21FN2O3S. The summed E-state index contributed by atoms with van der Waals surface area (Å²) in [4.78, 5) is 13.9. The van der Waals surface area contributed by atoms with Crippen LogP contribution in [-0.2, 0) is 27.9 Å². The molecule has 0 aliphatic carbocycles. The lowest BCUT2D eigenvalue weighted by atomic mass is 10.2. The molecule has 7 heteroatoms. The third-order valence-corrected chi connectivity index (χ3v) is 4.97. The molecule has 2 aromatic rings. The molecule has 0 spiro atoms. The van der Waals surface area contributed by atoms with E-state index in [0.29, 0.717) is 6.54 Å². The first-order valence-electron chi connectivity index (χ1n) is 7.74. The fourth-order valence-electron chi connectivity index (χ4n) is 2.32. The molecular weight excluding hydrogens is 343 g/mol. The Morgan fingerprint density at radius 2 is 1.60 bits per heavy atom. The number of carbonyl (C=O) groups is 1. The van der Waals surface area contributed by atoms with Gasteiger partial charge in [-0.05, 0) is 11.6 Å². The highest BCUT2D eigenvalue weighted by atomic mass is 32.2. The Morgan fingerprint density at radius 1 is 1.00 bits per heavy atom. The van der Waals surface area contributed by atoms with Gasteiger partial charge in [0.15, 0.2) is 0 Å². The highest BCUT2D eigenvalue weighted by molar-refractivity contribution is 7.88. The minimum Gasteiger partial charge on any atom is -0.340 e. The molecule has 1 amide bonds. The van der Waals surface area contributed by atoms with E-state index < -0.39 is 15.8 Å². The van der Waals surface area contributed by atoms with Gasteiger partial charge < -0.3 is 4.90 Å². The first kappa shape index (κ1) is 19.1. The fourth-order valence-corrected chi connectivity index (χ4v) is 3.04. The number of amides is 1. The summed E-state index contributed by atoms with van der Waals surface area (Å²) >= 11 is 0. The molecule has 0 aliphatic heterocycles. The van der Waals surface area contributed by atoms with Gasteiger partial charge in [-0.25, -0.2) is 12.8 Å². The molecule has 2 aromatic carbocycles. The quantitative estimate of drug-likeness (QED) is 0.757. The van der Waals surface area contributed by atoms with Gasteiger partial charge in [0.05, 0.1) is 12.8 Å². The molecule has 0 saturated carbocycles. The maximum Gasteiger partial charge on any atom is 0.237 e. The van der Waals surface area contributed by atoms with E-state index in [1.165, 1.54) is 23.1 Å². The molecule has 25 heavy (non-hydrogen) atoms. The zero-order valence-electron chi connectivity index (χ0n) is 14.2. The Bertz CT molecular complexity index is 825. The van der Waals surface area contributed by atoms with Gasteiger partial charge in [0.2, 0.25) is 15.9 Å². The smallest absolute Gasteiger partial charge is 0.237 e. The molecule has 0 heterocycles. The number of hydrogen-bond donors (Lipinski definition) is 0. The highest BCUT2D eigenvalue weighted by Crippen LogP contribution is 2.13. The highest BCUT2D eigenvalue weighted by Gasteiger charge is 2.23. The maximum atomic E-state index is 13.8. The predicted octanol–water partition coefficient (Wildman–Crippen LogP) is 2.25. The van der Waals surface area contributed by atoms with Crippen LogP contribution in [0.3, 0.4) is 0 Å². The van der Waals surface area contributed by atoms with Gasteiger partial charge in [-0.3, -0.25) is 4.79 Å². The fraction of sp³-hybridized carbons (Fsp3) is 0.278. The molecule has 0 N–H and O–H groups in total. The Hall–Kier alpha value is -2.25. The second-order valence-electron chi connectivity index (χ2n) is 5.86. The normalized spacial score (nSPS) is 11.5. The van der Waals surface area contributed by atoms with Crippen molar-refractivity contribution in [1.82, 2.24) is 9.21 Å². The summed E-state index contributed by atoms with van der Waals surface area (Å²) in [5.74, 6) is -0.855. The zero-order chi connectivity index (χ0) is 18.4. The Labute approximate surface area is 147 Å². The molecule has 0 radical (unpaired) electrons. The van der Waals surface area contributed by atoms with Gasteiger partial charge in [-0.1, -0.05) is 48.5 Å². The van der Waals surface area contributed by atoms with Crippen LogP contribution in [-0.4, -0.2) is 43.4 Å². The van der Waals surface area contributed by atoms with Gasteiger partial charge in [-0.2, -0.15) is 4.31 Å². The standard InChI is InChI=1S/C18H21FN2O3S/c1-20(12-15-8-4-3-5-9-15)18(22)14-21(25(2,23)24)13-16-10-6-7-11-17(16)19/h3-11H,12-14H2,1-2H3. The van der Waals surface area contributed by atoms with E-state index in [1.54, 1.807) is 13.1 Å². The maximum absolute atomic E-state index is 13.8. The van der Waals surface area contributed by atoms with Gasteiger partial charge in [-0.15, -0.1) is 0 Å². The van der Waals surface area contributed by atoms with Gasteiger partial charge in [0, 0.05) is 25.7 Å². The minimum absolute atomic E-state index is 0.184. The van der Waals surface area contributed by atoms with Gasteiger partial charge in [0.1, 0.15) is 5.82 Å². The third-order valence-electron chi connectivity index (χ3n) is 3.77. The van der Waals surface area contributed by atoms with Crippen molar-refractivity contribution < 1.29 is 17.6 Å². The number of rotatable bonds is 7. The molecule has 0 aliphatic rings. The predicted molar refractivity (Wildman–Crippen MR) is 94.6 cm³/mol. The van der Waals surface area contributed by atoms with Crippen LogP contribution < -0.4 is 0 Å². The van der Waals surface area contributed by atoms with Crippen molar-refractivity contribution in [3.63, 3.8) is 0 Å².